The molecular weight excluding hydrogens is 316 g/mol. The molecule has 4 rings (SSSR count). The Labute approximate surface area is 149 Å². The van der Waals surface area contributed by atoms with Crippen molar-refractivity contribution < 1.29 is 19.2 Å². The Kier molecular flexibility index (Phi) is 3.82. The van der Waals surface area contributed by atoms with Gasteiger partial charge in [-0.05, 0) is 60.7 Å². The van der Waals surface area contributed by atoms with Crippen LogP contribution < -0.4 is 0 Å². The number of Topliss-reactive ketones (excluding diaryl/α,β-unsaturated/α-hetero) is 3. The largest absolute Gasteiger partial charge is 0.300 e. The highest BCUT2D eigenvalue weighted by molar-refractivity contribution is 6.27. The summed E-state index contributed by atoms with van der Waals surface area (Å²) < 4.78 is 0. The minimum absolute atomic E-state index is 0.0736. The summed E-state index contributed by atoms with van der Waals surface area (Å²) in [6, 6.07) is 0. The zero-order valence-corrected chi connectivity index (χ0v) is 15.3. The fourth-order valence-electron chi connectivity index (χ4n) is 7.35. The van der Waals surface area contributed by atoms with Gasteiger partial charge in [0.05, 0.1) is 0 Å². The van der Waals surface area contributed by atoms with Crippen LogP contribution in [0, 0.1) is 40.4 Å². The summed E-state index contributed by atoms with van der Waals surface area (Å²) in [6.07, 6.45) is 6.90. The van der Waals surface area contributed by atoms with Crippen molar-refractivity contribution in [2.75, 3.05) is 0 Å². The van der Waals surface area contributed by atoms with Gasteiger partial charge in [0, 0.05) is 31.1 Å². The molecule has 25 heavy (non-hydrogen) atoms. The molecule has 4 heteroatoms. The molecule has 4 nitrogen and oxygen atoms in total. The number of carbonyl (C=O) groups excluding carboxylic acids is 4. The number of carbonyl (C=O) groups is 4. The van der Waals surface area contributed by atoms with Crippen LogP contribution in [-0.4, -0.2) is 23.6 Å². The summed E-state index contributed by atoms with van der Waals surface area (Å²) in [5, 5.41) is 0. The summed E-state index contributed by atoms with van der Waals surface area (Å²) >= 11 is 0. The fraction of sp³-hybridized carbons (Fsp3) is 0.810. The second-order valence-corrected chi connectivity index (χ2v) is 9.56. The van der Waals surface area contributed by atoms with Crippen molar-refractivity contribution in [1.29, 1.82) is 0 Å². The lowest BCUT2D eigenvalue weighted by Gasteiger charge is -2.59. The van der Waals surface area contributed by atoms with Gasteiger partial charge in [0.1, 0.15) is 11.6 Å². The van der Waals surface area contributed by atoms with Gasteiger partial charge < -0.3 is 0 Å². The normalized spacial score (nSPS) is 49.1. The molecule has 0 spiro atoms. The SMILES string of the molecule is C[C@]12CC[C@H]3[C@@H](CCC4CC(=O)CC[C@@]43C)[C@@H]1C(=O)C[C@@H]2C(=O)C=O. The summed E-state index contributed by atoms with van der Waals surface area (Å²) in [7, 11) is 0. The molecule has 0 N–H and O–H groups in total. The third-order valence-corrected chi connectivity index (χ3v) is 8.70. The number of hydrogen-bond donors (Lipinski definition) is 0. The maximum atomic E-state index is 12.9. The number of fused-ring (bicyclic) bond motifs is 5. The van der Waals surface area contributed by atoms with Gasteiger partial charge in [0.15, 0.2) is 12.1 Å². The first-order valence-electron chi connectivity index (χ1n) is 9.84. The molecule has 0 bridgehead atoms. The average molecular weight is 344 g/mol. The molecule has 0 amide bonds. The monoisotopic (exact) mass is 344 g/mol. The molecule has 7 atom stereocenters. The summed E-state index contributed by atoms with van der Waals surface area (Å²) in [6.45, 7) is 4.42. The van der Waals surface area contributed by atoms with Gasteiger partial charge in [-0.1, -0.05) is 13.8 Å². The molecule has 4 aliphatic rings. The molecule has 4 aliphatic carbocycles. The molecule has 0 aromatic heterocycles. The highest BCUT2D eigenvalue weighted by Gasteiger charge is 2.63. The zero-order chi connectivity index (χ0) is 18.0. The molecule has 1 unspecified atom stereocenters. The molecule has 4 saturated carbocycles. The van der Waals surface area contributed by atoms with E-state index in [9.17, 15) is 19.2 Å². The molecule has 0 aromatic carbocycles. The summed E-state index contributed by atoms with van der Waals surface area (Å²) in [4.78, 5) is 48.0. The van der Waals surface area contributed by atoms with Crippen LogP contribution in [0.4, 0.5) is 0 Å². The quantitative estimate of drug-likeness (QED) is 0.570. The maximum absolute atomic E-state index is 12.9. The minimum atomic E-state index is -0.415. The first-order chi connectivity index (χ1) is 11.8. The van der Waals surface area contributed by atoms with E-state index in [0.717, 1.165) is 32.1 Å². The van der Waals surface area contributed by atoms with Gasteiger partial charge >= 0.3 is 0 Å². The van der Waals surface area contributed by atoms with E-state index in [4.69, 9.17) is 0 Å². The Hall–Kier alpha value is -1.32. The average Bonchev–Trinajstić information content (AvgIpc) is 2.86. The van der Waals surface area contributed by atoms with Crippen LogP contribution in [0.2, 0.25) is 0 Å². The fourth-order valence-corrected chi connectivity index (χ4v) is 7.35. The van der Waals surface area contributed by atoms with E-state index in [1.165, 1.54) is 0 Å². The van der Waals surface area contributed by atoms with Crippen molar-refractivity contribution in [1.82, 2.24) is 0 Å². The van der Waals surface area contributed by atoms with Gasteiger partial charge in [0.25, 0.3) is 0 Å². The van der Waals surface area contributed by atoms with E-state index in [-0.39, 0.29) is 34.7 Å². The van der Waals surface area contributed by atoms with Crippen molar-refractivity contribution in [2.45, 2.75) is 65.2 Å². The van der Waals surface area contributed by atoms with E-state index in [0.29, 0.717) is 42.7 Å². The van der Waals surface area contributed by atoms with E-state index >= 15 is 0 Å². The third-order valence-electron chi connectivity index (χ3n) is 8.70. The maximum Gasteiger partial charge on any atom is 0.199 e. The lowest BCUT2D eigenvalue weighted by Crippen LogP contribution is -2.54. The Bertz CT molecular complexity index is 652. The van der Waals surface area contributed by atoms with Crippen LogP contribution in [0.25, 0.3) is 0 Å². The van der Waals surface area contributed by atoms with Crippen LogP contribution in [0.5, 0.6) is 0 Å². The van der Waals surface area contributed by atoms with Crippen molar-refractivity contribution in [3.63, 3.8) is 0 Å². The predicted molar refractivity (Wildman–Crippen MR) is 91.7 cm³/mol. The van der Waals surface area contributed by atoms with Crippen LogP contribution in [0.3, 0.4) is 0 Å². The van der Waals surface area contributed by atoms with E-state index in [2.05, 4.69) is 13.8 Å². The first-order valence-corrected chi connectivity index (χ1v) is 9.84. The van der Waals surface area contributed by atoms with E-state index < -0.39 is 5.92 Å². The number of rotatable bonds is 2. The molecule has 0 heterocycles. The van der Waals surface area contributed by atoms with Gasteiger partial charge in [0.2, 0.25) is 0 Å². The van der Waals surface area contributed by atoms with Gasteiger partial charge in [-0.2, -0.15) is 0 Å². The van der Waals surface area contributed by atoms with Gasteiger partial charge in [-0.3, -0.25) is 19.2 Å². The Morgan fingerprint density at radius 1 is 1.04 bits per heavy atom. The second-order valence-electron chi connectivity index (χ2n) is 9.56. The van der Waals surface area contributed by atoms with Crippen molar-refractivity contribution in [3.05, 3.63) is 0 Å². The van der Waals surface area contributed by atoms with Crippen molar-refractivity contribution >= 4 is 23.6 Å². The van der Waals surface area contributed by atoms with Gasteiger partial charge in [-0.15, -0.1) is 0 Å². The van der Waals surface area contributed by atoms with Crippen molar-refractivity contribution in [2.24, 2.45) is 40.4 Å². The predicted octanol–water partition coefficient (Wildman–Crippen LogP) is 3.16. The first kappa shape index (κ1) is 17.1. The summed E-state index contributed by atoms with van der Waals surface area (Å²) in [5.74, 6) is 0.985. The lowest BCUT2D eigenvalue weighted by atomic mass is 9.44. The molecule has 0 aliphatic heterocycles. The standard InChI is InChI=1S/C21H28O4/c1-20-7-5-13(23)9-12(20)3-4-14-15(20)6-8-21(2)16(18(25)11-22)10-17(24)19(14)21/h11-12,14-16,19H,3-10H2,1-2H3/t12?,14-,15+,16-,19-,20+,21-/m1/s1. The number of ketones is 3. The number of hydrogen-bond acceptors (Lipinski definition) is 4. The lowest BCUT2D eigenvalue weighted by molar-refractivity contribution is -0.150. The van der Waals surface area contributed by atoms with Crippen LogP contribution >= 0.6 is 0 Å². The molecular formula is C21H28O4. The Morgan fingerprint density at radius 2 is 1.80 bits per heavy atom. The smallest absolute Gasteiger partial charge is 0.199 e. The van der Waals surface area contributed by atoms with Crippen LogP contribution in [0.15, 0.2) is 0 Å². The summed E-state index contributed by atoms with van der Waals surface area (Å²) in [5.41, 5.74) is -0.185. The second kappa shape index (κ2) is 5.59. The van der Waals surface area contributed by atoms with E-state index in [1.807, 2.05) is 0 Å². The third kappa shape index (κ3) is 2.25. The molecule has 4 fully saturated rings. The molecule has 0 radical (unpaired) electrons. The number of aldehydes is 1. The zero-order valence-electron chi connectivity index (χ0n) is 15.3. The van der Waals surface area contributed by atoms with Gasteiger partial charge in [-0.25, -0.2) is 0 Å². The topological polar surface area (TPSA) is 68.3 Å². The molecule has 0 saturated heterocycles. The minimum Gasteiger partial charge on any atom is -0.300 e. The molecule has 136 valence electrons. The molecule has 0 aromatic rings. The highest BCUT2D eigenvalue weighted by atomic mass is 16.2. The van der Waals surface area contributed by atoms with E-state index in [1.54, 1.807) is 0 Å². The van der Waals surface area contributed by atoms with Crippen molar-refractivity contribution in [3.8, 4) is 0 Å². The Morgan fingerprint density at radius 3 is 2.52 bits per heavy atom. The van der Waals surface area contributed by atoms with Crippen LogP contribution in [0.1, 0.15) is 65.2 Å². The van der Waals surface area contributed by atoms with Crippen LogP contribution in [-0.2, 0) is 19.2 Å². The Balaban J connectivity index is 1.67. The highest BCUT2D eigenvalue weighted by Crippen LogP contribution is 2.66.